The van der Waals surface area contributed by atoms with E-state index >= 15 is 0 Å². The van der Waals surface area contributed by atoms with Crippen LogP contribution in [-0.2, 0) is 65.0 Å². The molecule has 0 radical (unpaired) electrons. The van der Waals surface area contributed by atoms with Crippen molar-refractivity contribution < 1.29 is 77.7 Å². The number of methoxy groups -OCH3 is 5. The van der Waals surface area contributed by atoms with Gasteiger partial charge in [-0.25, -0.2) is 16.8 Å². The molecule has 0 amide bonds. The van der Waals surface area contributed by atoms with E-state index < -0.39 is 20.2 Å². The van der Waals surface area contributed by atoms with Gasteiger partial charge in [0.15, 0.2) is 23.0 Å². The second-order valence-corrected chi connectivity index (χ2v) is 25.0. The van der Waals surface area contributed by atoms with Crippen LogP contribution in [0, 0.1) is 20.8 Å². The van der Waals surface area contributed by atoms with Gasteiger partial charge in [-0.05, 0) is 146 Å². The Morgan fingerprint density at radius 2 is 0.871 bits per heavy atom. The SMILES string of the molecule is COc1cc(C[C@@H]2c3cc(C)c(C)cc3CC[N@+]2(C)CCC(=O)OCCCCCCOC(=O)CC[N@@+]2(C)CCc3cc(OC)c(OC)cc3[C@H]2Cc2ccc(OC)c(OC)c2)ccc1C.O=S(=O)([O-])c1ccccc1.O=S(=O)([O-])c1ccccc1. The Labute approximate surface area is 503 Å². The summed E-state index contributed by atoms with van der Waals surface area (Å²) in [5.74, 6) is 3.38. The van der Waals surface area contributed by atoms with Gasteiger partial charge >= 0.3 is 11.9 Å². The highest BCUT2D eigenvalue weighted by Gasteiger charge is 2.42. The first kappa shape index (κ1) is 67.1. The number of rotatable bonds is 24. The molecule has 8 rings (SSSR count). The minimum Gasteiger partial charge on any atom is -0.744 e. The average Bonchev–Trinajstić information content (AvgIpc) is 2.16. The van der Waals surface area contributed by atoms with Crippen LogP contribution in [0.2, 0.25) is 0 Å². The summed E-state index contributed by atoms with van der Waals surface area (Å²) in [6, 6.07) is 36.2. The normalized spacial score (nSPS) is 17.9. The first-order valence-corrected chi connectivity index (χ1v) is 31.5. The van der Waals surface area contributed by atoms with E-state index in [1.54, 1.807) is 47.7 Å². The molecule has 2 aliphatic heterocycles. The predicted molar refractivity (Wildman–Crippen MR) is 323 cm³/mol. The molecule has 6 aromatic rings. The molecule has 0 bridgehead atoms. The van der Waals surface area contributed by atoms with Crippen molar-refractivity contribution in [3.8, 4) is 28.7 Å². The molecule has 0 unspecified atom stereocenters. The van der Waals surface area contributed by atoms with Gasteiger partial charge in [0.05, 0.1) is 112 Å². The van der Waals surface area contributed by atoms with E-state index in [1.165, 1.54) is 87.5 Å². The molecule has 0 aliphatic carbocycles. The molecule has 0 fully saturated rings. The number of aryl methyl sites for hydroxylation is 3. The van der Waals surface area contributed by atoms with Crippen molar-refractivity contribution in [2.24, 2.45) is 0 Å². The second-order valence-electron chi connectivity index (χ2n) is 22.2. The molecule has 2 heterocycles. The van der Waals surface area contributed by atoms with Gasteiger partial charge < -0.3 is 51.2 Å². The zero-order chi connectivity index (χ0) is 62.0. The van der Waals surface area contributed by atoms with Gasteiger partial charge in [-0.1, -0.05) is 60.7 Å². The van der Waals surface area contributed by atoms with Crippen molar-refractivity contribution in [1.82, 2.24) is 0 Å². The lowest BCUT2D eigenvalue weighted by Crippen LogP contribution is -2.53. The van der Waals surface area contributed by atoms with Gasteiger partial charge in [0, 0.05) is 36.8 Å². The Hall–Kier alpha value is -7.00. The van der Waals surface area contributed by atoms with Crippen molar-refractivity contribution in [2.75, 3.05) is 89.0 Å². The molecule has 0 saturated heterocycles. The molecule has 4 atom stereocenters. The highest BCUT2D eigenvalue weighted by molar-refractivity contribution is 7.86. The number of esters is 2. The number of ether oxygens (including phenoxy) is 7. The zero-order valence-electron chi connectivity index (χ0n) is 50.9. The number of quaternary nitrogens is 2. The lowest BCUT2D eigenvalue weighted by molar-refractivity contribution is -0.940. The predicted octanol–water partition coefficient (Wildman–Crippen LogP) is 10.5. The number of hydrogen-bond acceptors (Lipinski definition) is 15. The van der Waals surface area contributed by atoms with Crippen LogP contribution in [0.1, 0.15) is 101 Å². The van der Waals surface area contributed by atoms with Crippen LogP contribution >= 0.6 is 0 Å². The summed E-state index contributed by atoms with van der Waals surface area (Å²) in [5, 5.41) is 0. The van der Waals surface area contributed by atoms with Crippen LogP contribution in [0.25, 0.3) is 0 Å². The maximum absolute atomic E-state index is 13.2. The standard InChI is InChI=1S/C54H74N2O9.2C6H6O3S/c1-37-15-16-40(33-49(37)60-7)31-46-44-30-39(3)38(2)29-42(44)19-23-55(46,4)25-21-53(57)64-27-13-11-12-14-28-65-54(58)22-26-56(5)24-20-43-35-51(62-9)52(63-10)36-45(43)47(56)32-41-17-18-48(59-6)50(34-41)61-8;2*7-10(8,9)6-4-2-1-3-5-6/h15-18,29-30,33-36,46-47H,11-14,19-28,31-32H2,1-10H3;2*1-5H,(H,7,8,9)/q+2;;/p-2/t46-,47-,55-,56-;;/m1../s1. The lowest BCUT2D eigenvalue weighted by atomic mass is 9.84. The molecular weight excluding hydrogens is 1120 g/mol. The molecule has 0 aromatic heterocycles. The fourth-order valence-electron chi connectivity index (χ4n) is 11.2. The van der Waals surface area contributed by atoms with E-state index in [0.29, 0.717) is 54.3 Å². The van der Waals surface area contributed by atoms with Crippen molar-refractivity contribution in [1.29, 1.82) is 0 Å². The third-order valence-electron chi connectivity index (χ3n) is 16.5. The summed E-state index contributed by atoms with van der Waals surface area (Å²) in [7, 11) is 4.38. The van der Waals surface area contributed by atoms with Crippen LogP contribution in [0.4, 0.5) is 0 Å². The molecule has 0 saturated carbocycles. The van der Waals surface area contributed by atoms with Crippen LogP contribution < -0.4 is 23.7 Å². The van der Waals surface area contributed by atoms with Crippen LogP contribution in [-0.4, -0.2) is 136 Å². The molecule has 0 N–H and O–H groups in total. The average molecular weight is 1210 g/mol. The summed E-state index contributed by atoms with van der Waals surface area (Å²) >= 11 is 0. The highest BCUT2D eigenvalue weighted by atomic mass is 32.2. The van der Waals surface area contributed by atoms with E-state index in [2.05, 4.69) is 83.4 Å². The number of unbranched alkanes of at least 4 members (excludes halogenated alkanes) is 3. The Morgan fingerprint density at radius 3 is 1.32 bits per heavy atom. The van der Waals surface area contributed by atoms with E-state index in [1.807, 2.05) is 12.1 Å². The van der Waals surface area contributed by atoms with Crippen molar-refractivity contribution in [3.63, 3.8) is 0 Å². The van der Waals surface area contributed by atoms with Crippen molar-refractivity contribution >= 4 is 32.2 Å². The van der Waals surface area contributed by atoms with E-state index in [9.17, 15) is 35.5 Å². The Morgan fingerprint density at radius 1 is 0.471 bits per heavy atom. The maximum atomic E-state index is 13.2. The van der Waals surface area contributed by atoms with Gasteiger partial charge in [0.2, 0.25) is 0 Å². The minimum absolute atomic E-state index is 0.0604. The fraction of sp³-hybridized carbons (Fsp3) is 0.424. The van der Waals surface area contributed by atoms with Crippen LogP contribution in [0.15, 0.2) is 131 Å². The zero-order valence-corrected chi connectivity index (χ0v) is 52.5. The highest BCUT2D eigenvalue weighted by Crippen LogP contribution is 2.44. The largest absolute Gasteiger partial charge is 0.744 e. The quantitative estimate of drug-likeness (QED) is 0.0239. The third-order valence-corrected chi connectivity index (χ3v) is 18.2. The summed E-state index contributed by atoms with van der Waals surface area (Å²) in [6.45, 7) is 10.4. The summed E-state index contributed by atoms with van der Waals surface area (Å²) < 4.78 is 103. The molecule has 2 aliphatic rings. The Balaban J connectivity index is 0.000000484. The first-order chi connectivity index (χ1) is 40.4. The Kier molecular flexibility index (Phi) is 24.4. The van der Waals surface area contributed by atoms with Gasteiger partial charge in [-0.15, -0.1) is 0 Å². The van der Waals surface area contributed by atoms with E-state index in [0.717, 1.165) is 98.1 Å². The number of likely N-dealkylation sites (N-methyl/N-ethyl adjacent to an activating group) is 2. The number of benzene rings is 6. The third kappa shape index (κ3) is 18.7. The molecule has 85 heavy (non-hydrogen) atoms. The topological polar surface area (TPSA) is 213 Å². The molecular formula is C66H84N2O15S2. The van der Waals surface area contributed by atoms with Gasteiger partial charge in [-0.2, -0.15) is 0 Å². The number of carbonyl (C=O) groups is 2. The number of carbonyl (C=O) groups excluding carboxylic acids is 2. The van der Waals surface area contributed by atoms with Crippen LogP contribution in [0.5, 0.6) is 28.7 Å². The van der Waals surface area contributed by atoms with Crippen LogP contribution in [0.3, 0.4) is 0 Å². The van der Waals surface area contributed by atoms with E-state index in [-0.39, 0.29) is 33.8 Å². The molecule has 19 heteroatoms. The van der Waals surface area contributed by atoms with Crippen molar-refractivity contribution in [3.05, 3.63) is 171 Å². The van der Waals surface area contributed by atoms with Gasteiger partial charge in [0.25, 0.3) is 0 Å². The number of hydrogen-bond donors (Lipinski definition) is 0. The summed E-state index contributed by atoms with van der Waals surface area (Å²) in [5.41, 5.74) is 11.4. The van der Waals surface area contributed by atoms with E-state index in [4.69, 9.17) is 33.2 Å². The molecule has 17 nitrogen and oxygen atoms in total. The molecule has 6 aromatic carbocycles. The second kappa shape index (κ2) is 30.9. The lowest BCUT2D eigenvalue weighted by Gasteiger charge is -2.46. The Bertz CT molecular complexity index is 3350. The van der Waals surface area contributed by atoms with Gasteiger partial charge in [-0.3, -0.25) is 9.59 Å². The summed E-state index contributed by atoms with van der Waals surface area (Å²) in [4.78, 5) is 25.9. The van der Waals surface area contributed by atoms with Gasteiger partial charge in [0.1, 0.15) is 38.1 Å². The first-order valence-electron chi connectivity index (χ1n) is 28.7. The number of nitrogens with zero attached hydrogens (tertiary/aromatic N) is 2. The van der Waals surface area contributed by atoms with Crippen molar-refractivity contribution in [2.45, 2.75) is 107 Å². The molecule has 460 valence electrons. The smallest absolute Gasteiger partial charge is 0.311 e. The maximum Gasteiger partial charge on any atom is 0.311 e. The monoisotopic (exact) mass is 1210 g/mol. The fourth-order valence-corrected chi connectivity index (χ4v) is 12.2. The minimum atomic E-state index is -4.25. The summed E-state index contributed by atoms with van der Waals surface area (Å²) in [6.07, 6.45) is 7.51. The number of fused-ring (bicyclic) bond motifs is 2. The molecule has 0 spiro atoms.